The normalized spacial score (nSPS) is 10.2. The molecule has 19 heavy (non-hydrogen) atoms. The van der Waals surface area contributed by atoms with Gasteiger partial charge in [0.1, 0.15) is 6.26 Å². The molecule has 0 aliphatic carbocycles. The first-order chi connectivity index (χ1) is 9.06. The van der Waals surface area contributed by atoms with Crippen molar-refractivity contribution in [2.75, 3.05) is 0 Å². The van der Waals surface area contributed by atoms with E-state index < -0.39 is 11.9 Å². The van der Waals surface area contributed by atoms with Crippen molar-refractivity contribution in [2.45, 2.75) is 6.54 Å². The van der Waals surface area contributed by atoms with Crippen molar-refractivity contribution < 1.29 is 19.1 Å². The fourth-order valence-electron chi connectivity index (χ4n) is 1.44. The zero-order chi connectivity index (χ0) is 13.8. The molecular formula is C13H10BrNO4. The Hall–Kier alpha value is -2.08. The van der Waals surface area contributed by atoms with Crippen LogP contribution in [0.15, 0.2) is 45.5 Å². The zero-order valence-corrected chi connectivity index (χ0v) is 11.3. The molecule has 0 saturated heterocycles. The molecule has 1 heterocycles. The van der Waals surface area contributed by atoms with Gasteiger partial charge in [-0.15, -0.1) is 0 Å². The highest BCUT2D eigenvalue weighted by atomic mass is 79.9. The van der Waals surface area contributed by atoms with Crippen LogP contribution in [0.3, 0.4) is 0 Å². The Morgan fingerprint density at radius 2 is 1.95 bits per heavy atom. The molecule has 0 aliphatic heterocycles. The summed E-state index contributed by atoms with van der Waals surface area (Å²) in [6.45, 7) is 0.342. The second-order valence-electron chi connectivity index (χ2n) is 3.81. The highest BCUT2D eigenvalue weighted by Gasteiger charge is 2.14. The van der Waals surface area contributed by atoms with E-state index in [-0.39, 0.29) is 11.3 Å². The standard InChI is InChI=1S/C13H10BrNO4/c14-10-3-1-8(2-4-10)6-15-12(16)11-5-9(7-19-11)13(17)18/h1-5,7H,6H2,(H,15,16)(H,17,18). The van der Waals surface area contributed by atoms with Gasteiger partial charge in [0.15, 0.2) is 5.76 Å². The van der Waals surface area contributed by atoms with Gasteiger partial charge in [-0.25, -0.2) is 4.79 Å². The zero-order valence-electron chi connectivity index (χ0n) is 9.72. The van der Waals surface area contributed by atoms with Gasteiger partial charge in [-0.05, 0) is 17.7 Å². The van der Waals surface area contributed by atoms with Crippen molar-refractivity contribution in [1.82, 2.24) is 5.32 Å². The molecule has 0 unspecified atom stereocenters. The van der Waals surface area contributed by atoms with Crippen LogP contribution < -0.4 is 5.32 Å². The fraction of sp³-hybridized carbons (Fsp3) is 0.0769. The van der Waals surface area contributed by atoms with E-state index in [0.29, 0.717) is 6.54 Å². The molecule has 2 rings (SSSR count). The molecule has 0 bridgehead atoms. The number of carbonyl (C=O) groups excluding carboxylic acids is 1. The number of nitrogens with one attached hydrogen (secondary N) is 1. The summed E-state index contributed by atoms with van der Waals surface area (Å²) in [6.07, 6.45) is 1.04. The van der Waals surface area contributed by atoms with Crippen molar-refractivity contribution >= 4 is 27.8 Å². The van der Waals surface area contributed by atoms with E-state index >= 15 is 0 Å². The number of aromatic carboxylic acids is 1. The van der Waals surface area contributed by atoms with E-state index in [1.165, 1.54) is 6.07 Å². The molecule has 0 radical (unpaired) electrons. The van der Waals surface area contributed by atoms with E-state index in [1.54, 1.807) is 0 Å². The topological polar surface area (TPSA) is 79.5 Å². The lowest BCUT2D eigenvalue weighted by Gasteiger charge is -2.03. The van der Waals surface area contributed by atoms with Crippen LogP contribution in [0.4, 0.5) is 0 Å². The van der Waals surface area contributed by atoms with Crippen LogP contribution in [0.5, 0.6) is 0 Å². The number of hydrogen-bond acceptors (Lipinski definition) is 3. The Morgan fingerprint density at radius 3 is 2.53 bits per heavy atom. The average Bonchev–Trinajstić information content (AvgIpc) is 2.87. The highest BCUT2D eigenvalue weighted by molar-refractivity contribution is 9.10. The lowest BCUT2D eigenvalue weighted by atomic mass is 10.2. The molecule has 1 aromatic heterocycles. The molecule has 2 N–H and O–H groups in total. The van der Waals surface area contributed by atoms with E-state index in [1.807, 2.05) is 24.3 Å². The third-order valence-electron chi connectivity index (χ3n) is 2.44. The van der Waals surface area contributed by atoms with Gasteiger partial charge in [0.2, 0.25) is 0 Å². The number of amides is 1. The van der Waals surface area contributed by atoms with Crippen molar-refractivity contribution in [1.29, 1.82) is 0 Å². The van der Waals surface area contributed by atoms with Crippen LogP contribution in [0.2, 0.25) is 0 Å². The molecule has 5 nitrogen and oxygen atoms in total. The van der Waals surface area contributed by atoms with E-state index in [9.17, 15) is 9.59 Å². The predicted octanol–water partition coefficient (Wildman–Crippen LogP) is 2.67. The Kier molecular flexibility index (Phi) is 4.01. The molecule has 1 amide bonds. The van der Waals surface area contributed by atoms with E-state index in [2.05, 4.69) is 21.2 Å². The Labute approximate surface area is 117 Å². The minimum atomic E-state index is -1.13. The van der Waals surface area contributed by atoms with Crippen molar-refractivity contribution in [2.24, 2.45) is 0 Å². The van der Waals surface area contributed by atoms with Crippen LogP contribution in [0.25, 0.3) is 0 Å². The lowest BCUT2D eigenvalue weighted by molar-refractivity contribution is 0.0696. The summed E-state index contributed by atoms with van der Waals surface area (Å²) >= 11 is 3.32. The van der Waals surface area contributed by atoms with Crippen LogP contribution >= 0.6 is 15.9 Å². The number of halogens is 1. The van der Waals surface area contributed by atoms with Crippen LogP contribution in [0, 0.1) is 0 Å². The summed E-state index contributed by atoms with van der Waals surface area (Å²) in [5, 5.41) is 11.4. The summed E-state index contributed by atoms with van der Waals surface area (Å²) in [6, 6.07) is 8.68. The van der Waals surface area contributed by atoms with Gasteiger partial charge in [0.25, 0.3) is 5.91 Å². The summed E-state index contributed by atoms with van der Waals surface area (Å²) in [4.78, 5) is 22.4. The maximum Gasteiger partial charge on any atom is 0.338 e. The lowest BCUT2D eigenvalue weighted by Crippen LogP contribution is -2.22. The van der Waals surface area contributed by atoms with Crippen molar-refractivity contribution in [3.63, 3.8) is 0 Å². The van der Waals surface area contributed by atoms with Crippen LogP contribution in [0.1, 0.15) is 26.5 Å². The predicted molar refractivity (Wildman–Crippen MR) is 71.0 cm³/mol. The fourth-order valence-corrected chi connectivity index (χ4v) is 1.70. The van der Waals surface area contributed by atoms with Gasteiger partial charge in [-0.3, -0.25) is 4.79 Å². The van der Waals surface area contributed by atoms with Gasteiger partial charge in [0.05, 0.1) is 5.56 Å². The second kappa shape index (κ2) is 5.71. The molecule has 0 saturated carbocycles. The van der Waals surface area contributed by atoms with Gasteiger partial charge in [-0.1, -0.05) is 28.1 Å². The number of carboxylic acids is 1. The van der Waals surface area contributed by atoms with Gasteiger partial charge >= 0.3 is 5.97 Å². The third-order valence-corrected chi connectivity index (χ3v) is 2.97. The number of carboxylic acid groups (broad SMARTS) is 1. The molecular weight excluding hydrogens is 314 g/mol. The van der Waals surface area contributed by atoms with E-state index in [4.69, 9.17) is 9.52 Å². The first kappa shape index (κ1) is 13.4. The monoisotopic (exact) mass is 323 g/mol. The maximum absolute atomic E-state index is 11.7. The largest absolute Gasteiger partial charge is 0.478 e. The summed E-state index contributed by atoms with van der Waals surface area (Å²) in [5.74, 6) is -1.60. The smallest absolute Gasteiger partial charge is 0.338 e. The number of hydrogen-bond donors (Lipinski definition) is 2. The molecule has 1 aromatic carbocycles. The SMILES string of the molecule is O=C(O)c1coc(C(=O)NCc2ccc(Br)cc2)c1. The maximum atomic E-state index is 11.7. The first-order valence-corrected chi connectivity index (χ1v) is 6.20. The quantitative estimate of drug-likeness (QED) is 0.906. The summed E-state index contributed by atoms with van der Waals surface area (Å²) in [7, 11) is 0. The molecule has 6 heteroatoms. The number of furan rings is 1. The average molecular weight is 324 g/mol. The Bertz CT molecular complexity index is 603. The molecule has 0 atom stereocenters. The molecule has 98 valence electrons. The van der Waals surface area contributed by atoms with Crippen molar-refractivity contribution in [3.8, 4) is 0 Å². The van der Waals surface area contributed by atoms with E-state index in [0.717, 1.165) is 16.3 Å². The first-order valence-electron chi connectivity index (χ1n) is 5.41. The second-order valence-corrected chi connectivity index (χ2v) is 4.73. The summed E-state index contributed by atoms with van der Waals surface area (Å²) in [5.41, 5.74) is 0.885. The highest BCUT2D eigenvalue weighted by Crippen LogP contribution is 2.11. The van der Waals surface area contributed by atoms with Crippen LogP contribution in [-0.2, 0) is 6.54 Å². The van der Waals surface area contributed by atoms with Gasteiger partial charge in [-0.2, -0.15) is 0 Å². The minimum Gasteiger partial charge on any atom is -0.478 e. The van der Waals surface area contributed by atoms with Crippen molar-refractivity contribution in [3.05, 3.63) is 58.0 Å². The van der Waals surface area contributed by atoms with Gasteiger partial charge in [0, 0.05) is 17.1 Å². The molecule has 0 fully saturated rings. The Morgan fingerprint density at radius 1 is 1.26 bits per heavy atom. The molecule has 0 spiro atoms. The summed E-state index contributed by atoms with van der Waals surface area (Å²) < 4.78 is 5.85. The minimum absolute atomic E-state index is 0.0190. The number of carbonyl (C=O) groups is 2. The van der Waals surface area contributed by atoms with Gasteiger partial charge < -0.3 is 14.8 Å². The number of rotatable bonds is 4. The van der Waals surface area contributed by atoms with Crippen LogP contribution in [-0.4, -0.2) is 17.0 Å². The molecule has 0 aliphatic rings. The Balaban J connectivity index is 1.97. The number of benzene rings is 1. The molecule has 2 aromatic rings. The third kappa shape index (κ3) is 3.45.